The summed E-state index contributed by atoms with van der Waals surface area (Å²) in [6, 6.07) is 0. The highest BCUT2D eigenvalue weighted by Gasteiger charge is 2.35. The second kappa shape index (κ2) is 6.59. The molecule has 0 aromatic heterocycles. The zero-order valence-corrected chi connectivity index (χ0v) is 10.4. The van der Waals surface area contributed by atoms with E-state index in [1.165, 1.54) is 0 Å². The summed E-state index contributed by atoms with van der Waals surface area (Å²) in [5.74, 6) is -1.92. The predicted molar refractivity (Wildman–Crippen MR) is 62.6 cm³/mol. The van der Waals surface area contributed by atoms with Crippen LogP contribution in [0.1, 0.15) is 32.6 Å². The Morgan fingerprint density at radius 2 is 1.94 bits per heavy atom. The molecule has 1 aliphatic carbocycles. The van der Waals surface area contributed by atoms with Crippen LogP contribution in [0.25, 0.3) is 0 Å². The third kappa shape index (κ3) is 4.00. The molecule has 5 nitrogen and oxygen atoms in total. The summed E-state index contributed by atoms with van der Waals surface area (Å²) in [6.07, 6.45) is 3.06. The van der Waals surface area contributed by atoms with Gasteiger partial charge in [-0.15, -0.1) is 0 Å². The minimum atomic E-state index is -0.857. The van der Waals surface area contributed by atoms with Crippen LogP contribution < -0.4 is 5.32 Å². The minimum absolute atomic E-state index is 0.0502. The summed E-state index contributed by atoms with van der Waals surface area (Å²) < 4.78 is 5.03. The summed E-state index contributed by atoms with van der Waals surface area (Å²) in [5.41, 5.74) is 0. The monoisotopic (exact) mass is 243 g/mol. The van der Waals surface area contributed by atoms with Crippen LogP contribution in [0.4, 0.5) is 0 Å². The first kappa shape index (κ1) is 14.0. The van der Waals surface area contributed by atoms with Crippen molar-refractivity contribution >= 4 is 11.9 Å². The zero-order chi connectivity index (χ0) is 12.8. The number of rotatable bonds is 5. The average Bonchev–Trinajstić information content (AvgIpc) is 2.35. The van der Waals surface area contributed by atoms with E-state index in [0.717, 1.165) is 12.8 Å². The summed E-state index contributed by atoms with van der Waals surface area (Å²) >= 11 is 0. The molecule has 0 spiro atoms. The van der Waals surface area contributed by atoms with E-state index in [0.29, 0.717) is 19.4 Å². The maximum absolute atomic E-state index is 11.9. The van der Waals surface area contributed by atoms with Gasteiger partial charge in [-0.2, -0.15) is 0 Å². The molecule has 0 aromatic carbocycles. The molecule has 1 rings (SSSR count). The lowest BCUT2D eigenvalue weighted by Crippen LogP contribution is -2.42. The summed E-state index contributed by atoms with van der Waals surface area (Å²) in [5, 5.41) is 11.8. The Labute approximate surface area is 102 Å². The molecule has 2 N–H and O–H groups in total. The van der Waals surface area contributed by atoms with Crippen molar-refractivity contribution < 1.29 is 19.4 Å². The fourth-order valence-electron chi connectivity index (χ4n) is 2.20. The van der Waals surface area contributed by atoms with Crippen molar-refractivity contribution in [3.05, 3.63) is 0 Å². The van der Waals surface area contributed by atoms with Crippen LogP contribution in [0.3, 0.4) is 0 Å². The van der Waals surface area contributed by atoms with E-state index in [1.807, 2.05) is 6.92 Å². The van der Waals surface area contributed by atoms with Crippen LogP contribution in [0, 0.1) is 11.8 Å². The molecule has 98 valence electrons. The van der Waals surface area contributed by atoms with E-state index >= 15 is 0 Å². The molecule has 1 saturated carbocycles. The lowest BCUT2D eigenvalue weighted by molar-refractivity contribution is -0.149. The summed E-state index contributed by atoms with van der Waals surface area (Å²) in [4.78, 5) is 23.0. The smallest absolute Gasteiger partial charge is 0.307 e. The fraction of sp³-hybridized carbons (Fsp3) is 0.833. The molecule has 0 saturated heterocycles. The van der Waals surface area contributed by atoms with Crippen LogP contribution in [0.15, 0.2) is 0 Å². The van der Waals surface area contributed by atoms with Crippen LogP contribution in [0.2, 0.25) is 0 Å². The summed E-state index contributed by atoms with van der Waals surface area (Å²) in [6.45, 7) is 2.29. The van der Waals surface area contributed by atoms with E-state index in [2.05, 4.69) is 5.32 Å². The average molecular weight is 243 g/mol. The van der Waals surface area contributed by atoms with E-state index in [4.69, 9.17) is 9.84 Å². The Morgan fingerprint density at radius 3 is 2.47 bits per heavy atom. The van der Waals surface area contributed by atoms with Gasteiger partial charge in [-0.05, 0) is 19.8 Å². The molecule has 3 unspecified atom stereocenters. The molecule has 0 aromatic rings. The van der Waals surface area contributed by atoms with Gasteiger partial charge in [-0.1, -0.05) is 12.8 Å². The van der Waals surface area contributed by atoms with Gasteiger partial charge < -0.3 is 15.2 Å². The third-order valence-corrected chi connectivity index (χ3v) is 3.39. The van der Waals surface area contributed by atoms with Gasteiger partial charge in [0.05, 0.1) is 17.9 Å². The number of carbonyl (C=O) groups excluding carboxylic acids is 1. The highest BCUT2D eigenvalue weighted by molar-refractivity contribution is 5.84. The standard InChI is InChI=1S/C12H21NO4/c1-8(17-2)7-13-11(14)9-5-3-4-6-10(9)12(15)16/h8-10H,3-7H2,1-2H3,(H,13,14)(H,15,16). The zero-order valence-electron chi connectivity index (χ0n) is 10.4. The van der Waals surface area contributed by atoms with Gasteiger partial charge >= 0.3 is 5.97 Å². The molecule has 0 bridgehead atoms. The van der Waals surface area contributed by atoms with E-state index in [1.54, 1.807) is 7.11 Å². The van der Waals surface area contributed by atoms with E-state index < -0.39 is 11.9 Å². The topological polar surface area (TPSA) is 75.6 Å². The van der Waals surface area contributed by atoms with Crippen LogP contribution >= 0.6 is 0 Å². The maximum Gasteiger partial charge on any atom is 0.307 e. The number of hydrogen-bond donors (Lipinski definition) is 2. The van der Waals surface area contributed by atoms with Crippen LogP contribution in [-0.2, 0) is 14.3 Å². The number of nitrogens with one attached hydrogen (secondary N) is 1. The number of hydrogen-bond acceptors (Lipinski definition) is 3. The highest BCUT2D eigenvalue weighted by Crippen LogP contribution is 2.30. The first-order valence-electron chi connectivity index (χ1n) is 6.09. The molecule has 0 heterocycles. The Kier molecular flexibility index (Phi) is 5.41. The first-order chi connectivity index (χ1) is 8.06. The number of amides is 1. The molecule has 17 heavy (non-hydrogen) atoms. The Hall–Kier alpha value is -1.10. The normalized spacial score (nSPS) is 26.2. The van der Waals surface area contributed by atoms with E-state index in [9.17, 15) is 9.59 Å². The minimum Gasteiger partial charge on any atom is -0.481 e. The fourth-order valence-corrected chi connectivity index (χ4v) is 2.20. The van der Waals surface area contributed by atoms with Crippen LogP contribution in [0.5, 0.6) is 0 Å². The number of carboxylic acid groups (broad SMARTS) is 1. The van der Waals surface area contributed by atoms with Gasteiger partial charge in [-0.3, -0.25) is 9.59 Å². The number of carbonyl (C=O) groups is 2. The SMILES string of the molecule is COC(C)CNC(=O)C1CCCCC1C(=O)O. The van der Waals surface area contributed by atoms with Crippen molar-refractivity contribution in [1.82, 2.24) is 5.32 Å². The van der Waals surface area contributed by atoms with Crippen molar-refractivity contribution in [2.24, 2.45) is 11.8 Å². The van der Waals surface area contributed by atoms with Crippen molar-refractivity contribution in [2.75, 3.05) is 13.7 Å². The molecule has 3 atom stereocenters. The number of carboxylic acids is 1. The molecule has 1 amide bonds. The van der Waals surface area contributed by atoms with E-state index in [-0.39, 0.29) is 17.9 Å². The molecule has 1 fully saturated rings. The Morgan fingerprint density at radius 1 is 1.35 bits per heavy atom. The van der Waals surface area contributed by atoms with Crippen LogP contribution in [-0.4, -0.2) is 36.7 Å². The lowest BCUT2D eigenvalue weighted by atomic mass is 9.78. The first-order valence-corrected chi connectivity index (χ1v) is 6.09. The van der Waals surface area contributed by atoms with Gasteiger partial charge in [0.1, 0.15) is 0 Å². The Bertz CT molecular complexity index is 280. The van der Waals surface area contributed by atoms with Gasteiger partial charge in [0.25, 0.3) is 0 Å². The third-order valence-electron chi connectivity index (χ3n) is 3.39. The van der Waals surface area contributed by atoms with Gasteiger partial charge in [-0.25, -0.2) is 0 Å². The Balaban J connectivity index is 2.50. The maximum atomic E-state index is 11.9. The lowest BCUT2D eigenvalue weighted by Gasteiger charge is -2.27. The van der Waals surface area contributed by atoms with Crippen molar-refractivity contribution in [1.29, 1.82) is 0 Å². The molecular weight excluding hydrogens is 222 g/mol. The summed E-state index contributed by atoms with van der Waals surface area (Å²) in [7, 11) is 1.58. The van der Waals surface area contributed by atoms with Crippen molar-refractivity contribution in [3.63, 3.8) is 0 Å². The van der Waals surface area contributed by atoms with Gasteiger partial charge in [0.2, 0.25) is 5.91 Å². The van der Waals surface area contributed by atoms with Gasteiger partial charge in [0, 0.05) is 13.7 Å². The number of methoxy groups -OCH3 is 1. The number of aliphatic carboxylic acids is 1. The molecule has 5 heteroatoms. The highest BCUT2D eigenvalue weighted by atomic mass is 16.5. The number of ether oxygens (including phenoxy) is 1. The quantitative estimate of drug-likeness (QED) is 0.756. The van der Waals surface area contributed by atoms with Crippen molar-refractivity contribution in [2.45, 2.75) is 38.7 Å². The molecule has 0 radical (unpaired) electrons. The predicted octanol–water partition coefficient (Wildman–Crippen LogP) is 1.03. The van der Waals surface area contributed by atoms with Gasteiger partial charge in [0.15, 0.2) is 0 Å². The molecule has 0 aliphatic heterocycles. The molecular formula is C12H21NO4. The second-order valence-electron chi connectivity index (χ2n) is 4.63. The second-order valence-corrected chi connectivity index (χ2v) is 4.63. The molecule has 1 aliphatic rings. The van der Waals surface area contributed by atoms with Crippen molar-refractivity contribution in [3.8, 4) is 0 Å². The largest absolute Gasteiger partial charge is 0.481 e.